The van der Waals surface area contributed by atoms with Gasteiger partial charge in [-0.25, -0.2) is 8.42 Å². The van der Waals surface area contributed by atoms with Crippen LogP contribution in [0.5, 0.6) is 0 Å². The average Bonchev–Trinajstić information content (AvgIpc) is 2.95. The number of sulfonamides is 1. The molecule has 1 aromatic carbocycles. The van der Waals surface area contributed by atoms with Crippen LogP contribution in [0.2, 0.25) is 0 Å². The zero-order chi connectivity index (χ0) is 15.3. The predicted molar refractivity (Wildman–Crippen MR) is 80.6 cm³/mol. The molecule has 6 nitrogen and oxygen atoms in total. The Morgan fingerprint density at radius 1 is 1.29 bits per heavy atom. The molecule has 7 heteroatoms. The first-order valence-electron chi connectivity index (χ1n) is 6.80. The van der Waals surface area contributed by atoms with Gasteiger partial charge in [0.1, 0.15) is 4.90 Å². The number of nitrogens with one attached hydrogen (secondary N) is 1. The lowest BCUT2D eigenvalue weighted by Gasteiger charge is -2.06. The number of anilines is 1. The highest BCUT2D eigenvalue weighted by atomic mass is 32.2. The van der Waals surface area contributed by atoms with E-state index in [2.05, 4.69) is 9.82 Å². The third kappa shape index (κ3) is 4.05. The van der Waals surface area contributed by atoms with Crippen molar-refractivity contribution in [1.82, 2.24) is 9.78 Å². The molecule has 0 spiro atoms. The molecule has 0 fully saturated rings. The van der Waals surface area contributed by atoms with Gasteiger partial charge in [-0.05, 0) is 30.5 Å². The van der Waals surface area contributed by atoms with Crippen molar-refractivity contribution in [2.75, 3.05) is 11.3 Å². The first kappa shape index (κ1) is 15.5. The quantitative estimate of drug-likeness (QED) is 0.814. The van der Waals surface area contributed by atoms with Crippen molar-refractivity contribution in [2.45, 2.75) is 31.2 Å². The third-order valence-corrected chi connectivity index (χ3v) is 4.42. The number of aryl methyl sites for hydroxylation is 2. The summed E-state index contributed by atoms with van der Waals surface area (Å²) in [7, 11) is -3.63. The van der Waals surface area contributed by atoms with Crippen molar-refractivity contribution >= 4 is 15.7 Å². The van der Waals surface area contributed by atoms with Gasteiger partial charge in [-0.3, -0.25) is 9.40 Å². The molecule has 1 aromatic heterocycles. The molecule has 0 bridgehead atoms. The minimum absolute atomic E-state index is 0.0456. The number of rotatable bonds is 7. The highest BCUT2D eigenvalue weighted by molar-refractivity contribution is 7.92. The molecule has 0 aliphatic heterocycles. The fraction of sp³-hybridized carbons (Fsp3) is 0.357. The zero-order valence-corrected chi connectivity index (χ0v) is 12.7. The molecule has 0 amide bonds. The van der Waals surface area contributed by atoms with E-state index in [-0.39, 0.29) is 11.5 Å². The van der Waals surface area contributed by atoms with Gasteiger partial charge in [-0.1, -0.05) is 19.1 Å². The molecule has 2 rings (SSSR count). The van der Waals surface area contributed by atoms with Gasteiger partial charge in [0.15, 0.2) is 0 Å². The van der Waals surface area contributed by atoms with Gasteiger partial charge in [0.2, 0.25) is 0 Å². The number of hydrogen-bond donors (Lipinski definition) is 2. The molecule has 114 valence electrons. The van der Waals surface area contributed by atoms with E-state index >= 15 is 0 Å². The number of nitrogens with zero attached hydrogens (tertiary/aromatic N) is 2. The van der Waals surface area contributed by atoms with Crippen molar-refractivity contribution in [3.05, 3.63) is 42.2 Å². The van der Waals surface area contributed by atoms with Gasteiger partial charge in [0.05, 0.1) is 6.20 Å². The predicted octanol–water partition coefficient (Wildman–Crippen LogP) is 1.63. The summed E-state index contributed by atoms with van der Waals surface area (Å²) in [4.78, 5) is 0.111. The fourth-order valence-corrected chi connectivity index (χ4v) is 2.87. The summed E-state index contributed by atoms with van der Waals surface area (Å²) < 4.78 is 28.5. The molecule has 0 radical (unpaired) electrons. The molecule has 21 heavy (non-hydrogen) atoms. The van der Waals surface area contributed by atoms with Crippen molar-refractivity contribution in [1.29, 1.82) is 0 Å². The summed E-state index contributed by atoms with van der Waals surface area (Å²) in [5.74, 6) is 0. The van der Waals surface area contributed by atoms with E-state index in [0.29, 0.717) is 18.7 Å². The van der Waals surface area contributed by atoms with E-state index in [1.165, 1.54) is 17.1 Å². The summed E-state index contributed by atoms with van der Waals surface area (Å²) in [6.07, 6.45) is 4.20. The number of aliphatic hydroxyl groups is 1. The van der Waals surface area contributed by atoms with Crippen molar-refractivity contribution in [3.63, 3.8) is 0 Å². The maximum absolute atomic E-state index is 12.2. The van der Waals surface area contributed by atoms with Crippen LogP contribution in [0.1, 0.15) is 18.9 Å². The Morgan fingerprint density at radius 3 is 2.62 bits per heavy atom. The molecular weight excluding hydrogens is 290 g/mol. The molecule has 0 atom stereocenters. The Morgan fingerprint density at radius 2 is 2.00 bits per heavy atom. The first-order valence-corrected chi connectivity index (χ1v) is 8.28. The normalized spacial score (nSPS) is 11.5. The molecule has 2 aromatic rings. The summed E-state index contributed by atoms with van der Waals surface area (Å²) in [6.45, 7) is 2.57. The van der Waals surface area contributed by atoms with Gasteiger partial charge in [-0.15, -0.1) is 0 Å². The summed E-state index contributed by atoms with van der Waals surface area (Å²) >= 11 is 0. The molecule has 0 saturated heterocycles. The van der Waals surface area contributed by atoms with Crippen LogP contribution in [0, 0.1) is 0 Å². The lowest BCUT2D eigenvalue weighted by Crippen LogP contribution is -2.12. The highest BCUT2D eigenvalue weighted by Gasteiger charge is 2.16. The Labute approximate surface area is 124 Å². The highest BCUT2D eigenvalue weighted by Crippen LogP contribution is 2.16. The SMILES string of the molecule is CCc1ccc(NS(=O)(=O)c2cnn(CCCO)c2)cc1. The second-order valence-corrected chi connectivity index (χ2v) is 6.35. The molecular formula is C14H19N3O3S. The third-order valence-electron chi connectivity index (χ3n) is 3.08. The van der Waals surface area contributed by atoms with Crippen LogP contribution < -0.4 is 4.72 Å². The lowest BCUT2D eigenvalue weighted by atomic mass is 10.2. The van der Waals surface area contributed by atoms with E-state index in [9.17, 15) is 8.42 Å². The topological polar surface area (TPSA) is 84.2 Å². The Bertz CT molecular complexity index is 678. The molecule has 0 aliphatic rings. The van der Waals surface area contributed by atoms with Gasteiger partial charge >= 0.3 is 0 Å². The van der Waals surface area contributed by atoms with Gasteiger partial charge < -0.3 is 5.11 Å². The fourth-order valence-electron chi connectivity index (χ4n) is 1.86. The summed E-state index contributed by atoms with van der Waals surface area (Å²) in [5, 5.41) is 12.7. The van der Waals surface area contributed by atoms with E-state index < -0.39 is 10.0 Å². The zero-order valence-electron chi connectivity index (χ0n) is 11.9. The van der Waals surface area contributed by atoms with Crippen LogP contribution in [0.15, 0.2) is 41.6 Å². The Balaban J connectivity index is 2.11. The average molecular weight is 309 g/mol. The van der Waals surface area contributed by atoms with Crippen LogP contribution in [0.4, 0.5) is 5.69 Å². The summed E-state index contributed by atoms with van der Waals surface area (Å²) in [5.41, 5.74) is 1.67. The monoisotopic (exact) mass is 309 g/mol. The standard InChI is InChI=1S/C14H19N3O3S/c1-2-12-4-6-13(7-5-12)16-21(19,20)14-10-15-17(11-14)8-3-9-18/h4-7,10-11,16,18H,2-3,8-9H2,1H3. The molecule has 0 aliphatic carbocycles. The first-order chi connectivity index (χ1) is 10.0. The molecule has 2 N–H and O–H groups in total. The van der Waals surface area contributed by atoms with Crippen LogP contribution >= 0.6 is 0 Å². The molecule has 0 unspecified atom stereocenters. The lowest BCUT2D eigenvalue weighted by molar-refractivity contribution is 0.277. The molecule has 0 saturated carbocycles. The number of aromatic nitrogens is 2. The van der Waals surface area contributed by atoms with Gasteiger partial charge in [-0.2, -0.15) is 5.10 Å². The van der Waals surface area contributed by atoms with Crippen molar-refractivity contribution in [2.24, 2.45) is 0 Å². The van der Waals surface area contributed by atoms with Crippen LogP contribution in [0.3, 0.4) is 0 Å². The molecule has 1 heterocycles. The van der Waals surface area contributed by atoms with Crippen molar-refractivity contribution < 1.29 is 13.5 Å². The number of hydrogen-bond acceptors (Lipinski definition) is 4. The van der Waals surface area contributed by atoms with E-state index in [4.69, 9.17) is 5.11 Å². The maximum atomic E-state index is 12.2. The van der Waals surface area contributed by atoms with Crippen LogP contribution in [-0.4, -0.2) is 29.9 Å². The van der Waals surface area contributed by atoms with E-state index in [1.54, 1.807) is 12.1 Å². The van der Waals surface area contributed by atoms with Crippen LogP contribution in [0.25, 0.3) is 0 Å². The number of aliphatic hydroxyl groups excluding tert-OH is 1. The Hall–Kier alpha value is -1.86. The van der Waals surface area contributed by atoms with Gasteiger partial charge in [0.25, 0.3) is 10.0 Å². The maximum Gasteiger partial charge on any atom is 0.265 e. The van der Waals surface area contributed by atoms with E-state index in [0.717, 1.165) is 12.0 Å². The van der Waals surface area contributed by atoms with Gasteiger partial charge in [0, 0.05) is 25.0 Å². The largest absolute Gasteiger partial charge is 0.396 e. The van der Waals surface area contributed by atoms with E-state index in [1.807, 2.05) is 19.1 Å². The second-order valence-electron chi connectivity index (χ2n) is 4.67. The van der Waals surface area contributed by atoms with Crippen molar-refractivity contribution in [3.8, 4) is 0 Å². The minimum atomic E-state index is -3.63. The second kappa shape index (κ2) is 6.73. The number of benzene rings is 1. The summed E-state index contributed by atoms with van der Waals surface area (Å²) in [6, 6.07) is 7.27. The smallest absolute Gasteiger partial charge is 0.265 e. The minimum Gasteiger partial charge on any atom is -0.396 e. The van der Waals surface area contributed by atoms with Crippen LogP contribution in [-0.2, 0) is 23.0 Å². The Kier molecular flexibility index (Phi) is 4.98.